The van der Waals surface area contributed by atoms with Crippen LogP contribution in [0.4, 0.5) is 0 Å². The molecule has 0 spiro atoms. The molecule has 2 saturated heterocycles. The second kappa shape index (κ2) is 10.00. The van der Waals surface area contributed by atoms with E-state index in [1.165, 1.54) is 32.9 Å². The van der Waals surface area contributed by atoms with Crippen molar-refractivity contribution in [2.75, 3.05) is 39.8 Å². The maximum atomic E-state index is 11.7. The van der Waals surface area contributed by atoms with Crippen LogP contribution in [0.5, 0.6) is 0 Å². The van der Waals surface area contributed by atoms with E-state index in [0.717, 1.165) is 45.0 Å². The molecule has 0 radical (unpaired) electrons. The maximum absolute atomic E-state index is 11.7. The van der Waals surface area contributed by atoms with Gasteiger partial charge < -0.3 is 15.0 Å². The molecule has 25 heavy (non-hydrogen) atoms. The highest BCUT2D eigenvalue weighted by atomic mass is 16.5. The Bertz CT molecular complexity index is 447. The Morgan fingerprint density at radius 3 is 2.56 bits per heavy atom. The Morgan fingerprint density at radius 1 is 1.24 bits per heavy atom. The lowest BCUT2D eigenvalue weighted by Gasteiger charge is -2.38. The van der Waals surface area contributed by atoms with Gasteiger partial charge in [0.2, 0.25) is 0 Å². The second-order valence-electron chi connectivity index (χ2n) is 7.41. The van der Waals surface area contributed by atoms with Crippen LogP contribution >= 0.6 is 0 Å². The van der Waals surface area contributed by atoms with E-state index >= 15 is 0 Å². The largest absolute Gasteiger partial charge is 0.469 e. The highest BCUT2D eigenvalue weighted by Crippen LogP contribution is 2.20. The number of nitrogens with zero attached hydrogens (tertiary/aromatic N) is 3. The molecule has 2 rings (SSSR count). The van der Waals surface area contributed by atoms with Gasteiger partial charge in [0.05, 0.1) is 19.6 Å². The fourth-order valence-electron chi connectivity index (χ4n) is 4.02. The van der Waals surface area contributed by atoms with E-state index in [9.17, 15) is 4.79 Å². The van der Waals surface area contributed by atoms with Crippen molar-refractivity contribution < 1.29 is 9.53 Å². The number of guanidine groups is 1. The smallest absolute Gasteiger partial charge is 0.308 e. The molecule has 6 heteroatoms. The van der Waals surface area contributed by atoms with Crippen LogP contribution < -0.4 is 5.32 Å². The average Bonchev–Trinajstić information content (AvgIpc) is 2.64. The molecule has 0 aromatic carbocycles. The lowest BCUT2D eigenvalue weighted by atomic mass is 9.97. The summed E-state index contributed by atoms with van der Waals surface area (Å²) >= 11 is 0. The first-order valence-corrected chi connectivity index (χ1v) is 9.93. The predicted octanol–water partition coefficient (Wildman–Crippen LogP) is 2.10. The highest BCUT2D eigenvalue weighted by Gasteiger charge is 2.27. The molecular formula is C19H36N4O2. The monoisotopic (exact) mass is 352 g/mol. The van der Waals surface area contributed by atoms with E-state index in [2.05, 4.69) is 35.9 Å². The molecule has 2 fully saturated rings. The molecule has 2 atom stereocenters. The topological polar surface area (TPSA) is 57.2 Å². The van der Waals surface area contributed by atoms with Crippen LogP contribution in [0.2, 0.25) is 0 Å². The van der Waals surface area contributed by atoms with Crippen LogP contribution in [0.15, 0.2) is 4.99 Å². The lowest BCUT2D eigenvalue weighted by molar-refractivity contribution is -0.146. The Labute approximate surface area is 153 Å². The van der Waals surface area contributed by atoms with Gasteiger partial charge >= 0.3 is 5.97 Å². The predicted molar refractivity (Wildman–Crippen MR) is 102 cm³/mol. The summed E-state index contributed by atoms with van der Waals surface area (Å²) < 4.78 is 4.88. The third-order valence-corrected chi connectivity index (χ3v) is 5.59. The molecule has 0 aromatic rings. The van der Waals surface area contributed by atoms with Crippen molar-refractivity contribution in [2.24, 2.45) is 10.9 Å². The van der Waals surface area contributed by atoms with Gasteiger partial charge in [-0.25, -0.2) is 0 Å². The minimum atomic E-state index is -0.0747. The molecule has 6 nitrogen and oxygen atoms in total. The van der Waals surface area contributed by atoms with Crippen LogP contribution in [0, 0.1) is 5.92 Å². The Morgan fingerprint density at radius 2 is 1.96 bits per heavy atom. The van der Waals surface area contributed by atoms with Gasteiger partial charge in [0.25, 0.3) is 0 Å². The van der Waals surface area contributed by atoms with Crippen molar-refractivity contribution >= 4 is 11.9 Å². The van der Waals surface area contributed by atoms with Gasteiger partial charge in [-0.2, -0.15) is 0 Å². The minimum Gasteiger partial charge on any atom is -0.469 e. The van der Waals surface area contributed by atoms with Crippen molar-refractivity contribution in [2.45, 2.75) is 65.0 Å². The summed E-state index contributed by atoms with van der Waals surface area (Å²) in [4.78, 5) is 21.5. The molecule has 144 valence electrons. The third kappa shape index (κ3) is 5.59. The Kier molecular flexibility index (Phi) is 8.00. The Balaban J connectivity index is 1.91. The first-order valence-electron chi connectivity index (χ1n) is 9.93. The minimum absolute atomic E-state index is 0.0391. The number of hydrogen-bond donors (Lipinski definition) is 1. The van der Waals surface area contributed by atoms with E-state index < -0.39 is 0 Å². The van der Waals surface area contributed by atoms with E-state index in [0.29, 0.717) is 12.1 Å². The van der Waals surface area contributed by atoms with E-state index in [4.69, 9.17) is 9.73 Å². The van der Waals surface area contributed by atoms with Crippen molar-refractivity contribution in [1.82, 2.24) is 15.1 Å². The molecule has 0 amide bonds. The van der Waals surface area contributed by atoms with Crippen molar-refractivity contribution in [3.63, 3.8) is 0 Å². The zero-order valence-electron chi connectivity index (χ0n) is 16.5. The molecule has 1 N–H and O–H groups in total. The molecule has 0 bridgehead atoms. The van der Waals surface area contributed by atoms with E-state index in [1.54, 1.807) is 0 Å². The van der Waals surface area contributed by atoms with Crippen LogP contribution in [0.3, 0.4) is 0 Å². The van der Waals surface area contributed by atoms with Gasteiger partial charge in [-0.15, -0.1) is 0 Å². The van der Waals surface area contributed by atoms with Crippen LogP contribution in [0.25, 0.3) is 0 Å². The number of carbonyl (C=O) groups is 1. The van der Waals surface area contributed by atoms with Gasteiger partial charge in [-0.3, -0.25) is 14.7 Å². The molecule has 0 saturated carbocycles. The standard InChI is InChI=1S/C19H36N4O2/c1-5-20-19(22-12-9-17(10-13-22)18(24)25-4)21-14-16(3)23-11-7-6-8-15(23)2/h15-17H,5-14H2,1-4H3,(H,20,21). The molecular weight excluding hydrogens is 316 g/mol. The zero-order valence-corrected chi connectivity index (χ0v) is 16.5. The number of nitrogens with one attached hydrogen (secondary N) is 1. The summed E-state index contributed by atoms with van der Waals surface area (Å²) in [6.45, 7) is 11.3. The van der Waals surface area contributed by atoms with Crippen molar-refractivity contribution in [3.05, 3.63) is 0 Å². The fourth-order valence-corrected chi connectivity index (χ4v) is 4.02. The molecule has 0 aromatic heterocycles. The van der Waals surface area contributed by atoms with Gasteiger partial charge in [-0.05, 0) is 53.0 Å². The maximum Gasteiger partial charge on any atom is 0.308 e. The summed E-state index contributed by atoms with van der Waals surface area (Å²) in [6.07, 6.45) is 5.64. The zero-order chi connectivity index (χ0) is 18.2. The number of hydrogen-bond acceptors (Lipinski definition) is 4. The first kappa shape index (κ1) is 20.0. The molecule has 2 heterocycles. The number of likely N-dealkylation sites (tertiary alicyclic amines) is 2. The van der Waals surface area contributed by atoms with Gasteiger partial charge in [0.1, 0.15) is 0 Å². The van der Waals surface area contributed by atoms with Crippen LogP contribution in [0.1, 0.15) is 52.9 Å². The van der Waals surface area contributed by atoms with Crippen LogP contribution in [-0.4, -0.2) is 73.6 Å². The number of piperidine rings is 2. The first-order chi connectivity index (χ1) is 12.1. The number of carbonyl (C=O) groups excluding carboxylic acids is 1. The molecule has 2 aliphatic heterocycles. The van der Waals surface area contributed by atoms with Gasteiger partial charge in [-0.1, -0.05) is 6.42 Å². The van der Waals surface area contributed by atoms with E-state index in [1.807, 2.05) is 0 Å². The molecule has 2 aliphatic rings. The second-order valence-corrected chi connectivity index (χ2v) is 7.41. The highest BCUT2D eigenvalue weighted by molar-refractivity contribution is 5.80. The fraction of sp³-hybridized carbons (Fsp3) is 0.895. The van der Waals surface area contributed by atoms with Gasteiger partial charge in [0.15, 0.2) is 5.96 Å². The quantitative estimate of drug-likeness (QED) is 0.466. The summed E-state index contributed by atoms with van der Waals surface area (Å²) in [5, 5.41) is 3.42. The lowest BCUT2D eigenvalue weighted by Crippen LogP contribution is -2.48. The van der Waals surface area contributed by atoms with Crippen molar-refractivity contribution in [3.8, 4) is 0 Å². The molecule has 2 unspecified atom stereocenters. The number of esters is 1. The molecule has 0 aliphatic carbocycles. The van der Waals surface area contributed by atoms with E-state index in [-0.39, 0.29) is 11.9 Å². The number of rotatable bonds is 5. The average molecular weight is 353 g/mol. The SMILES string of the molecule is CCNC(=NCC(C)N1CCCCC1C)N1CCC(C(=O)OC)CC1. The van der Waals surface area contributed by atoms with Crippen molar-refractivity contribution in [1.29, 1.82) is 0 Å². The number of methoxy groups -OCH3 is 1. The number of aliphatic imine (C=N–C) groups is 1. The summed E-state index contributed by atoms with van der Waals surface area (Å²) in [5.41, 5.74) is 0. The Hall–Kier alpha value is -1.30. The normalized spacial score (nSPS) is 24.9. The third-order valence-electron chi connectivity index (χ3n) is 5.59. The summed E-state index contributed by atoms with van der Waals surface area (Å²) in [6, 6.07) is 1.13. The summed E-state index contributed by atoms with van der Waals surface area (Å²) in [5.74, 6) is 0.953. The summed E-state index contributed by atoms with van der Waals surface area (Å²) in [7, 11) is 1.48. The van der Waals surface area contributed by atoms with Crippen LogP contribution in [-0.2, 0) is 9.53 Å². The number of ether oxygens (including phenoxy) is 1. The van der Waals surface area contributed by atoms with Gasteiger partial charge in [0, 0.05) is 31.7 Å².